The first-order valence-electron chi connectivity index (χ1n) is 20.1. The lowest BCUT2D eigenvalue weighted by Crippen LogP contribution is -2.14. The Balaban J connectivity index is 1.09. The zero-order valence-electron chi connectivity index (χ0n) is 32.2. The van der Waals surface area contributed by atoms with E-state index >= 15 is 0 Å². The van der Waals surface area contributed by atoms with Crippen molar-refractivity contribution in [3.63, 3.8) is 0 Å². The summed E-state index contributed by atoms with van der Waals surface area (Å²) in [7, 11) is 0. The Hall–Kier alpha value is -6.90. The molecule has 11 rings (SSSR count). The molecule has 272 valence electrons. The molecule has 8 aromatic carbocycles. The van der Waals surface area contributed by atoms with E-state index in [0.717, 1.165) is 46.8 Å². The molecule has 2 nitrogen and oxygen atoms in total. The highest BCUT2D eigenvalue weighted by Gasteiger charge is 2.37. The fourth-order valence-electron chi connectivity index (χ4n) is 9.53. The molecule has 0 bridgehead atoms. The van der Waals surface area contributed by atoms with Gasteiger partial charge in [0.15, 0.2) is 0 Å². The number of aryl methyl sites for hydroxylation is 1. The van der Waals surface area contributed by atoms with Gasteiger partial charge in [0.1, 0.15) is 11.3 Å². The maximum atomic E-state index is 6.29. The number of hydrogen-bond acceptors (Lipinski definition) is 2. The minimum absolute atomic E-state index is 0.0898. The van der Waals surface area contributed by atoms with Crippen molar-refractivity contribution in [1.29, 1.82) is 0 Å². The summed E-state index contributed by atoms with van der Waals surface area (Å²) >= 11 is 0. The van der Waals surface area contributed by atoms with Crippen LogP contribution in [0.2, 0.25) is 0 Å². The minimum atomic E-state index is -0.0898. The average molecular weight is 732 g/mol. The lowest BCUT2D eigenvalue weighted by molar-refractivity contribution is 0.546. The number of anilines is 3. The van der Waals surface area contributed by atoms with E-state index in [4.69, 9.17) is 4.42 Å². The van der Waals surface area contributed by atoms with Crippen LogP contribution in [0.4, 0.5) is 17.1 Å². The van der Waals surface area contributed by atoms with Crippen LogP contribution in [-0.2, 0) is 11.8 Å². The number of benzene rings is 8. The first kappa shape index (κ1) is 33.4. The summed E-state index contributed by atoms with van der Waals surface area (Å²) in [4.78, 5) is 2.44. The molecule has 2 aliphatic rings. The third-order valence-corrected chi connectivity index (χ3v) is 12.3. The maximum absolute atomic E-state index is 6.29. The van der Waals surface area contributed by atoms with Gasteiger partial charge in [0.25, 0.3) is 0 Å². The van der Waals surface area contributed by atoms with Gasteiger partial charge in [0, 0.05) is 39.7 Å². The van der Waals surface area contributed by atoms with Gasteiger partial charge < -0.3 is 9.32 Å². The van der Waals surface area contributed by atoms with Gasteiger partial charge in [-0.15, -0.1) is 0 Å². The second kappa shape index (κ2) is 13.1. The molecule has 0 fully saturated rings. The summed E-state index contributed by atoms with van der Waals surface area (Å²) < 4.78 is 6.29. The highest BCUT2D eigenvalue weighted by molar-refractivity contribution is 6.00. The van der Waals surface area contributed by atoms with E-state index < -0.39 is 0 Å². The monoisotopic (exact) mass is 731 g/mol. The van der Waals surface area contributed by atoms with Crippen molar-refractivity contribution in [2.45, 2.75) is 32.1 Å². The van der Waals surface area contributed by atoms with Crippen LogP contribution in [-0.4, -0.2) is 0 Å². The van der Waals surface area contributed by atoms with Gasteiger partial charge in [-0.05, 0) is 110 Å². The van der Waals surface area contributed by atoms with Gasteiger partial charge in [0.05, 0.1) is 5.69 Å². The van der Waals surface area contributed by atoms with Crippen LogP contribution in [0.15, 0.2) is 186 Å². The van der Waals surface area contributed by atoms with Crippen molar-refractivity contribution in [2.24, 2.45) is 0 Å². The van der Waals surface area contributed by atoms with Crippen LogP contribution < -0.4 is 4.90 Å². The van der Waals surface area contributed by atoms with Crippen LogP contribution >= 0.6 is 0 Å². The summed E-state index contributed by atoms with van der Waals surface area (Å²) in [5.41, 5.74) is 18.0. The van der Waals surface area contributed by atoms with Crippen molar-refractivity contribution in [1.82, 2.24) is 0 Å². The second-order valence-corrected chi connectivity index (χ2v) is 16.0. The molecule has 2 aliphatic carbocycles. The Kier molecular flexibility index (Phi) is 7.69. The molecule has 0 unspecified atom stereocenters. The molecule has 0 saturated heterocycles. The Bertz CT molecular complexity index is 3040. The Morgan fingerprint density at radius 2 is 1.19 bits per heavy atom. The molecule has 0 saturated carbocycles. The van der Waals surface area contributed by atoms with Gasteiger partial charge in [-0.25, -0.2) is 0 Å². The fraction of sp³-hybridized carbons (Fsp3) is 0.0909. The van der Waals surface area contributed by atoms with Crippen molar-refractivity contribution >= 4 is 44.9 Å². The lowest BCUT2D eigenvalue weighted by atomic mass is 9.82. The molecular weight excluding hydrogens is 691 g/mol. The van der Waals surface area contributed by atoms with Crippen molar-refractivity contribution in [3.8, 4) is 44.5 Å². The predicted molar refractivity (Wildman–Crippen MR) is 240 cm³/mol. The van der Waals surface area contributed by atoms with Gasteiger partial charge in [-0.3, -0.25) is 0 Å². The SMILES string of the molecule is CC1(C)c2ccccc2-c2c(-c3ccccc3N(c3ccc(-c4cccc5ccccc45)cc3)c3cccc(-c4ccc5oc6c(c5c4)C=CCC6)c3)cccc21. The molecule has 0 atom stereocenters. The third-order valence-electron chi connectivity index (χ3n) is 12.3. The molecule has 0 aliphatic heterocycles. The van der Waals surface area contributed by atoms with Crippen LogP contribution in [0.25, 0.3) is 72.3 Å². The molecule has 0 N–H and O–H groups in total. The van der Waals surface area contributed by atoms with E-state index in [1.807, 2.05) is 0 Å². The Morgan fingerprint density at radius 3 is 2.11 bits per heavy atom. The number of nitrogens with zero attached hydrogens (tertiary/aromatic N) is 1. The zero-order valence-corrected chi connectivity index (χ0v) is 32.2. The number of rotatable bonds is 6. The minimum Gasteiger partial charge on any atom is -0.460 e. The summed E-state index contributed by atoms with van der Waals surface area (Å²) in [5, 5.41) is 3.68. The van der Waals surface area contributed by atoms with Gasteiger partial charge in [0.2, 0.25) is 0 Å². The fourth-order valence-corrected chi connectivity index (χ4v) is 9.53. The molecular formula is C55H41NO. The number of fused-ring (bicyclic) bond motifs is 7. The summed E-state index contributed by atoms with van der Waals surface area (Å²) in [5.74, 6) is 1.09. The number of para-hydroxylation sites is 1. The normalized spacial score (nSPS) is 13.7. The number of hydrogen-bond donors (Lipinski definition) is 0. The highest BCUT2D eigenvalue weighted by atomic mass is 16.3. The summed E-state index contributed by atoms with van der Waals surface area (Å²) in [6.45, 7) is 4.71. The lowest BCUT2D eigenvalue weighted by Gasteiger charge is -2.29. The molecule has 1 heterocycles. The predicted octanol–water partition coefficient (Wildman–Crippen LogP) is 15.3. The topological polar surface area (TPSA) is 16.4 Å². The van der Waals surface area contributed by atoms with E-state index in [1.54, 1.807) is 0 Å². The van der Waals surface area contributed by atoms with Crippen LogP contribution in [0, 0.1) is 0 Å². The van der Waals surface area contributed by atoms with E-state index in [1.165, 1.54) is 71.8 Å². The first-order chi connectivity index (χ1) is 28.0. The average Bonchev–Trinajstić information content (AvgIpc) is 3.75. The van der Waals surface area contributed by atoms with E-state index in [-0.39, 0.29) is 5.41 Å². The largest absolute Gasteiger partial charge is 0.460 e. The number of furan rings is 1. The third kappa shape index (κ3) is 5.39. The van der Waals surface area contributed by atoms with Gasteiger partial charge >= 0.3 is 0 Å². The highest BCUT2D eigenvalue weighted by Crippen LogP contribution is 2.54. The second-order valence-electron chi connectivity index (χ2n) is 16.0. The van der Waals surface area contributed by atoms with Gasteiger partial charge in [-0.1, -0.05) is 159 Å². The van der Waals surface area contributed by atoms with E-state index in [2.05, 4.69) is 207 Å². The summed E-state index contributed by atoms with van der Waals surface area (Å²) in [6, 6.07) is 64.7. The standard InChI is InChI=1S/C55H41NO/c1-55(2)49-24-8-5-21-47(49)54-46(23-13-25-50(54)55)44-19-6-9-26-51(44)56(40-31-28-37(29-32-40)43-22-12-15-36-14-3-4-18-42(36)43)41-17-11-16-38(34-41)39-30-33-53-48(35-39)45-20-7-10-27-52(45)57-53/h3-9,11-26,28-35H,10,27H2,1-2H3. The first-order valence-corrected chi connectivity index (χ1v) is 20.1. The molecule has 9 aromatic rings. The quantitative estimate of drug-likeness (QED) is 0.169. The van der Waals surface area contributed by atoms with E-state index in [0.29, 0.717) is 0 Å². The van der Waals surface area contributed by atoms with Crippen molar-refractivity contribution < 1.29 is 4.42 Å². The molecule has 0 spiro atoms. The van der Waals surface area contributed by atoms with Crippen LogP contribution in [0.1, 0.15) is 42.7 Å². The molecule has 2 heteroatoms. The Labute approximate surface area is 334 Å². The Morgan fingerprint density at radius 1 is 0.509 bits per heavy atom. The maximum Gasteiger partial charge on any atom is 0.134 e. The smallest absolute Gasteiger partial charge is 0.134 e. The summed E-state index contributed by atoms with van der Waals surface area (Å²) in [6.07, 6.45) is 6.46. The zero-order chi connectivity index (χ0) is 38.1. The number of allylic oxidation sites excluding steroid dienone is 1. The van der Waals surface area contributed by atoms with E-state index in [9.17, 15) is 0 Å². The molecule has 0 amide bonds. The van der Waals surface area contributed by atoms with Crippen molar-refractivity contribution in [2.75, 3.05) is 4.90 Å². The van der Waals surface area contributed by atoms with Crippen molar-refractivity contribution in [3.05, 3.63) is 204 Å². The van der Waals surface area contributed by atoms with Gasteiger partial charge in [-0.2, -0.15) is 0 Å². The van der Waals surface area contributed by atoms with Crippen LogP contribution in [0.5, 0.6) is 0 Å². The molecule has 57 heavy (non-hydrogen) atoms. The molecule has 1 aromatic heterocycles. The molecule has 0 radical (unpaired) electrons. The van der Waals surface area contributed by atoms with Crippen LogP contribution in [0.3, 0.4) is 0 Å².